The molecule has 0 saturated carbocycles. The average molecular weight is 358 g/mol. The quantitative estimate of drug-likeness (QED) is 0.430. The number of carbonyl (C=O) groups is 1. The van der Waals surface area contributed by atoms with Gasteiger partial charge in [-0.05, 0) is 37.1 Å². The van der Waals surface area contributed by atoms with Crippen LogP contribution in [-0.4, -0.2) is 24.5 Å². The third kappa shape index (κ3) is 4.72. The first-order valence-corrected chi connectivity index (χ1v) is 8.33. The van der Waals surface area contributed by atoms with E-state index in [1.165, 1.54) is 18.2 Å². The van der Waals surface area contributed by atoms with Gasteiger partial charge >= 0.3 is 0 Å². The second-order valence-electron chi connectivity index (χ2n) is 5.77. The summed E-state index contributed by atoms with van der Waals surface area (Å²) in [6, 6.07) is 9.31. The molecule has 0 saturated heterocycles. The molecule has 7 heteroatoms. The van der Waals surface area contributed by atoms with Gasteiger partial charge in [-0.3, -0.25) is 14.9 Å². The number of nitro groups is 1. The summed E-state index contributed by atoms with van der Waals surface area (Å²) in [7, 11) is 1.54. The number of nitro benzene ring substituents is 1. The van der Waals surface area contributed by atoms with Gasteiger partial charge < -0.3 is 14.8 Å². The summed E-state index contributed by atoms with van der Waals surface area (Å²) in [4.78, 5) is 23.0. The molecule has 0 heterocycles. The minimum atomic E-state index is -0.490. The van der Waals surface area contributed by atoms with Crippen LogP contribution in [0.2, 0.25) is 0 Å². The highest BCUT2D eigenvalue weighted by Gasteiger charge is 2.16. The highest BCUT2D eigenvalue weighted by molar-refractivity contribution is 6.06. The van der Waals surface area contributed by atoms with Crippen molar-refractivity contribution in [2.75, 3.05) is 19.0 Å². The molecule has 26 heavy (non-hydrogen) atoms. The van der Waals surface area contributed by atoms with Gasteiger partial charge in [0.2, 0.25) is 0 Å². The Balaban J connectivity index is 2.25. The van der Waals surface area contributed by atoms with Crippen LogP contribution in [0, 0.1) is 17.0 Å². The smallest absolute Gasteiger partial charge is 0.269 e. The molecule has 2 aromatic rings. The third-order valence-corrected chi connectivity index (χ3v) is 3.86. The SMILES string of the molecule is CCCCOc1ccc(OC)cc1NC(=O)c1ccc([N+](=O)[O-])cc1C. The number of unbranched alkanes of at least 4 members (excludes halogenated alkanes) is 1. The number of hydrogen-bond donors (Lipinski definition) is 1. The maximum absolute atomic E-state index is 12.6. The molecule has 0 aliphatic carbocycles. The topological polar surface area (TPSA) is 90.7 Å². The monoisotopic (exact) mass is 358 g/mol. The summed E-state index contributed by atoms with van der Waals surface area (Å²) >= 11 is 0. The lowest BCUT2D eigenvalue weighted by Crippen LogP contribution is -2.14. The number of benzene rings is 2. The molecule has 0 atom stereocenters. The molecule has 0 spiro atoms. The molecule has 138 valence electrons. The molecule has 7 nitrogen and oxygen atoms in total. The van der Waals surface area contributed by atoms with Gasteiger partial charge in [0.05, 0.1) is 24.3 Å². The van der Waals surface area contributed by atoms with Crippen LogP contribution in [0.25, 0.3) is 0 Å². The van der Waals surface area contributed by atoms with E-state index in [9.17, 15) is 14.9 Å². The number of carbonyl (C=O) groups excluding carboxylic acids is 1. The predicted molar refractivity (Wildman–Crippen MR) is 99.2 cm³/mol. The number of nitrogens with zero attached hydrogens (tertiary/aromatic N) is 1. The van der Waals surface area contributed by atoms with E-state index >= 15 is 0 Å². The van der Waals surface area contributed by atoms with Gasteiger partial charge in [0.25, 0.3) is 11.6 Å². The molecule has 0 radical (unpaired) electrons. The van der Waals surface area contributed by atoms with Crippen molar-refractivity contribution in [3.63, 3.8) is 0 Å². The summed E-state index contributed by atoms with van der Waals surface area (Å²) in [6.07, 6.45) is 1.90. The maximum Gasteiger partial charge on any atom is 0.269 e. The number of amides is 1. The summed E-state index contributed by atoms with van der Waals surface area (Å²) in [5.74, 6) is 0.765. The number of aryl methyl sites for hydroxylation is 1. The number of non-ortho nitro benzene ring substituents is 1. The number of rotatable bonds is 8. The second kappa shape index (κ2) is 8.84. The van der Waals surface area contributed by atoms with Crippen molar-refractivity contribution in [2.24, 2.45) is 0 Å². The molecule has 0 aliphatic rings. The van der Waals surface area contributed by atoms with Crippen LogP contribution in [-0.2, 0) is 0 Å². The Morgan fingerprint density at radius 2 is 2.00 bits per heavy atom. The van der Waals surface area contributed by atoms with Gasteiger partial charge in [-0.2, -0.15) is 0 Å². The van der Waals surface area contributed by atoms with Crippen molar-refractivity contribution in [3.05, 3.63) is 57.6 Å². The Bertz CT molecular complexity index is 805. The largest absolute Gasteiger partial charge is 0.497 e. The first kappa shape index (κ1) is 19.2. The van der Waals surface area contributed by atoms with Crippen molar-refractivity contribution in [1.82, 2.24) is 0 Å². The molecule has 0 aromatic heterocycles. The van der Waals surface area contributed by atoms with Crippen molar-refractivity contribution in [2.45, 2.75) is 26.7 Å². The number of hydrogen-bond acceptors (Lipinski definition) is 5. The lowest BCUT2D eigenvalue weighted by atomic mass is 10.1. The van der Waals surface area contributed by atoms with E-state index < -0.39 is 4.92 Å². The Morgan fingerprint density at radius 1 is 1.23 bits per heavy atom. The Morgan fingerprint density at radius 3 is 2.62 bits per heavy atom. The zero-order valence-electron chi connectivity index (χ0n) is 15.1. The Labute approximate surface area is 152 Å². The summed E-state index contributed by atoms with van der Waals surface area (Å²) in [5, 5.41) is 13.6. The van der Waals surface area contributed by atoms with Gasteiger partial charge in [0.1, 0.15) is 11.5 Å². The fourth-order valence-corrected chi connectivity index (χ4v) is 2.39. The second-order valence-corrected chi connectivity index (χ2v) is 5.77. The standard InChI is InChI=1S/C19H22N2O5/c1-4-5-10-26-18-9-7-15(25-3)12-17(18)20-19(22)16-8-6-14(21(23)24)11-13(16)2/h6-9,11-12H,4-5,10H2,1-3H3,(H,20,22). The van der Waals surface area contributed by atoms with Crippen molar-refractivity contribution in [3.8, 4) is 11.5 Å². The van der Waals surface area contributed by atoms with Crippen LogP contribution in [0.3, 0.4) is 0 Å². The number of methoxy groups -OCH3 is 1. The van der Waals surface area contributed by atoms with E-state index in [1.807, 2.05) is 0 Å². The zero-order valence-corrected chi connectivity index (χ0v) is 15.1. The normalized spacial score (nSPS) is 10.3. The number of anilines is 1. The molecule has 2 rings (SSSR count). The van der Waals surface area contributed by atoms with Crippen LogP contribution in [0.15, 0.2) is 36.4 Å². The molecule has 2 aromatic carbocycles. The zero-order chi connectivity index (χ0) is 19.1. The van der Waals surface area contributed by atoms with Crippen LogP contribution in [0.1, 0.15) is 35.7 Å². The van der Waals surface area contributed by atoms with Gasteiger partial charge in [-0.15, -0.1) is 0 Å². The first-order chi connectivity index (χ1) is 12.5. The average Bonchev–Trinajstić information content (AvgIpc) is 2.62. The molecule has 0 bridgehead atoms. The summed E-state index contributed by atoms with van der Waals surface area (Å²) in [5.41, 5.74) is 1.32. The van der Waals surface area contributed by atoms with Crippen LogP contribution in [0.4, 0.5) is 11.4 Å². The fourth-order valence-electron chi connectivity index (χ4n) is 2.39. The summed E-state index contributed by atoms with van der Waals surface area (Å²) < 4.78 is 10.9. The van der Waals surface area contributed by atoms with E-state index in [0.29, 0.717) is 34.9 Å². The van der Waals surface area contributed by atoms with E-state index in [4.69, 9.17) is 9.47 Å². The minimum Gasteiger partial charge on any atom is -0.497 e. The molecule has 1 N–H and O–H groups in total. The maximum atomic E-state index is 12.6. The Kier molecular flexibility index (Phi) is 6.54. The molecule has 0 unspecified atom stereocenters. The first-order valence-electron chi connectivity index (χ1n) is 8.33. The van der Waals surface area contributed by atoms with Gasteiger partial charge in [-0.25, -0.2) is 0 Å². The van der Waals surface area contributed by atoms with Crippen LogP contribution < -0.4 is 14.8 Å². The van der Waals surface area contributed by atoms with Crippen molar-refractivity contribution < 1.29 is 19.2 Å². The molecular formula is C19H22N2O5. The molecular weight excluding hydrogens is 336 g/mol. The highest BCUT2D eigenvalue weighted by Crippen LogP contribution is 2.30. The van der Waals surface area contributed by atoms with Gasteiger partial charge in [0, 0.05) is 23.8 Å². The van der Waals surface area contributed by atoms with Crippen molar-refractivity contribution in [1.29, 1.82) is 0 Å². The minimum absolute atomic E-state index is 0.0518. The third-order valence-electron chi connectivity index (χ3n) is 3.86. The molecule has 0 aliphatic heterocycles. The lowest BCUT2D eigenvalue weighted by Gasteiger charge is -2.14. The van der Waals surface area contributed by atoms with Crippen molar-refractivity contribution >= 4 is 17.3 Å². The van der Waals surface area contributed by atoms with Gasteiger partial charge in [-0.1, -0.05) is 13.3 Å². The number of nitrogens with one attached hydrogen (secondary N) is 1. The highest BCUT2D eigenvalue weighted by atomic mass is 16.6. The number of ether oxygens (including phenoxy) is 2. The predicted octanol–water partition coefficient (Wildman–Crippen LogP) is 4.34. The van der Waals surface area contributed by atoms with E-state index in [2.05, 4.69) is 12.2 Å². The molecule has 1 amide bonds. The Hall–Kier alpha value is -3.09. The molecule has 0 fully saturated rings. The van der Waals surface area contributed by atoms with Crippen LogP contribution >= 0.6 is 0 Å². The lowest BCUT2D eigenvalue weighted by molar-refractivity contribution is -0.384. The van der Waals surface area contributed by atoms with E-state index in [0.717, 1.165) is 12.8 Å². The summed E-state index contributed by atoms with van der Waals surface area (Å²) in [6.45, 7) is 4.27. The van der Waals surface area contributed by atoms with E-state index in [-0.39, 0.29) is 11.6 Å². The van der Waals surface area contributed by atoms with Crippen LogP contribution in [0.5, 0.6) is 11.5 Å². The van der Waals surface area contributed by atoms with Gasteiger partial charge in [0.15, 0.2) is 0 Å². The van der Waals surface area contributed by atoms with E-state index in [1.54, 1.807) is 32.2 Å². The fraction of sp³-hybridized carbons (Fsp3) is 0.316.